The van der Waals surface area contributed by atoms with E-state index in [0.717, 1.165) is 31.6 Å². The second-order valence-electron chi connectivity index (χ2n) is 8.24. The van der Waals surface area contributed by atoms with Crippen molar-refractivity contribution in [3.63, 3.8) is 0 Å². The average Bonchev–Trinajstić information content (AvgIpc) is 3.18. The van der Waals surface area contributed by atoms with Gasteiger partial charge in [0, 0.05) is 56.8 Å². The second kappa shape index (κ2) is 8.66. The summed E-state index contributed by atoms with van der Waals surface area (Å²) in [6, 6.07) is -0.0398. The van der Waals surface area contributed by atoms with Crippen molar-refractivity contribution in [1.82, 2.24) is 15.0 Å². The van der Waals surface area contributed by atoms with Gasteiger partial charge in [0.15, 0.2) is 0 Å². The van der Waals surface area contributed by atoms with Gasteiger partial charge >= 0.3 is 0 Å². The largest absolute Gasteiger partial charge is 0.496 e. The monoisotopic (exact) mass is 404 g/mol. The minimum Gasteiger partial charge on any atom is -0.496 e. The summed E-state index contributed by atoms with van der Waals surface area (Å²) in [5.74, 6) is 2.52. The first-order valence-corrected chi connectivity index (χ1v) is 10.3. The first kappa shape index (κ1) is 20.1. The lowest BCUT2D eigenvalue weighted by Gasteiger charge is -2.37. The zero-order valence-electron chi connectivity index (χ0n) is 16.7. The molecule has 1 aromatic rings. The van der Waals surface area contributed by atoms with Gasteiger partial charge in [-0.2, -0.15) is 15.0 Å². The van der Waals surface area contributed by atoms with E-state index in [1.54, 1.807) is 0 Å². The number of nitrogens with two attached hydrogens (primary N) is 4. The van der Waals surface area contributed by atoms with Crippen molar-refractivity contribution in [3.05, 3.63) is 11.8 Å². The first-order chi connectivity index (χ1) is 14.0. The molecule has 0 aliphatic carbocycles. The molecule has 4 rings (SSSR count). The maximum Gasteiger partial charge on any atom is 0.232 e. The van der Waals surface area contributed by atoms with Crippen LogP contribution >= 0.6 is 0 Å². The normalized spacial score (nSPS) is 30.1. The number of nitrogens with one attached hydrogen (secondary N) is 1. The topological polar surface area (TPSA) is 170 Å². The molecule has 3 aliphatic heterocycles. The Morgan fingerprint density at radius 2 is 1.38 bits per heavy atom. The van der Waals surface area contributed by atoms with Crippen molar-refractivity contribution < 1.29 is 4.74 Å². The molecule has 160 valence electrons. The van der Waals surface area contributed by atoms with Crippen LogP contribution in [-0.4, -0.2) is 78.4 Å². The molecule has 2 fully saturated rings. The summed E-state index contributed by atoms with van der Waals surface area (Å²) in [6.07, 6.45) is 4.58. The zero-order chi connectivity index (χ0) is 20.4. The SMILES string of the molecule is N[C@@H]1C[C@H](N)CN(c2nc(NCC3=CCCO3)nc(N3C[C@H](N)C[C@H](N)C3)n2)C1. The smallest absolute Gasteiger partial charge is 0.232 e. The third kappa shape index (κ3) is 5.04. The lowest BCUT2D eigenvalue weighted by atomic mass is 10.0. The zero-order valence-corrected chi connectivity index (χ0v) is 16.7. The van der Waals surface area contributed by atoms with E-state index in [4.69, 9.17) is 32.7 Å². The standard InChI is InChI=1S/C18H32N10O/c19-11-4-12(20)8-27(7-11)17-24-16(23-6-15-2-1-3-29-15)25-18(26-17)28-9-13(21)5-14(22)10-28/h2,11-14H,1,3-10,19-22H2,(H,23,24,25,26)/t11-,12+,13-,14+. The van der Waals surface area contributed by atoms with E-state index in [9.17, 15) is 0 Å². The minimum absolute atomic E-state index is 0.00995. The molecule has 11 nitrogen and oxygen atoms in total. The van der Waals surface area contributed by atoms with Crippen LogP contribution in [0.25, 0.3) is 0 Å². The highest BCUT2D eigenvalue weighted by molar-refractivity contribution is 5.47. The van der Waals surface area contributed by atoms with Crippen molar-refractivity contribution in [2.45, 2.75) is 43.4 Å². The number of piperidine rings is 2. The van der Waals surface area contributed by atoms with Gasteiger partial charge in [-0.1, -0.05) is 0 Å². The number of rotatable bonds is 5. The van der Waals surface area contributed by atoms with Crippen LogP contribution in [0.2, 0.25) is 0 Å². The van der Waals surface area contributed by atoms with Crippen LogP contribution < -0.4 is 38.1 Å². The predicted molar refractivity (Wildman–Crippen MR) is 113 cm³/mol. The van der Waals surface area contributed by atoms with E-state index in [-0.39, 0.29) is 24.2 Å². The Morgan fingerprint density at radius 3 is 1.83 bits per heavy atom. The predicted octanol–water partition coefficient (Wildman–Crippen LogP) is -1.68. The number of nitrogens with zero attached hydrogens (tertiary/aromatic N) is 5. The van der Waals surface area contributed by atoms with Gasteiger partial charge < -0.3 is 42.8 Å². The molecule has 0 aromatic carbocycles. The van der Waals surface area contributed by atoms with Gasteiger partial charge in [-0.25, -0.2) is 0 Å². The Kier molecular flexibility index (Phi) is 5.99. The van der Waals surface area contributed by atoms with E-state index in [1.165, 1.54) is 0 Å². The number of anilines is 3. The van der Waals surface area contributed by atoms with Crippen molar-refractivity contribution in [2.75, 3.05) is 54.4 Å². The number of aromatic nitrogens is 3. The van der Waals surface area contributed by atoms with Crippen LogP contribution in [0.1, 0.15) is 19.3 Å². The maximum absolute atomic E-state index is 6.17. The van der Waals surface area contributed by atoms with Gasteiger partial charge in [-0.3, -0.25) is 0 Å². The molecule has 2 saturated heterocycles. The molecule has 1 aromatic heterocycles. The van der Waals surface area contributed by atoms with E-state index in [0.29, 0.717) is 50.6 Å². The van der Waals surface area contributed by atoms with Crippen LogP contribution in [-0.2, 0) is 4.74 Å². The van der Waals surface area contributed by atoms with Crippen LogP contribution in [0.4, 0.5) is 17.8 Å². The number of ether oxygens (including phenoxy) is 1. The molecule has 9 N–H and O–H groups in total. The Labute approximate surface area is 170 Å². The number of hydrogen-bond donors (Lipinski definition) is 5. The second-order valence-corrected chi connectivity index (χ2v) is 8.24. The molecular weight excluding hydrogens is 372 g/mol. The molecule has 0 bridgehead atoms. The minimum atomic E-state index is -0.00995. The average molecular weight is 405 g/mol. The number of hydrogen-bond acceptors (Lipinski definition) is 11. The Morgan fingerprint density at radius 1 is 0.862 bits per heavy atom. The first-order valence-electron chi connectivity index (χ1n) is 10.3. The Hall–Kier alpha value is -2.21. The quantitative estimate of drug-likeness (QED) is 0.379. The highest BCUT2D eigenvalue weighted by atomic mass is 16.5. The third-order valence-electron chi connectivity index (χ3n) is 5.41. The summed E-state index contributed by atoms with van der Waals surface area (Å²) in [5.41, 5.74) is 24.7. The van der Waals surface area contributed by atoms with E-state index >= 15 is 0 Å². The summed E-state index contributed by atoms with van der Waals surface area (Å²) < 4.78 is 5.56. The van der Waals surface area contributed by atoms with Gasteiger partial charge in [-0.15, -0.1) is 0 Å². The van der Waals surface area contributed by atoms with Gasteiger partial charge in [0.25, 0.3) is 0 Å². The molecular formula is C18H32N10O. The van der Waals surface area contributed by atoms with Gasteiger partial charge in [0.1, 0.15) is 5.76 Å². The fraction of sp³-hybridized carbons (Fsp3) is 0.722. The van der Waals surface area contributed by atoms with Crippen LogP contribution in [0.3, 0.4) is 0 Å². The van der Waals surface area contributed by atoms with Crippen LogP contribution in [0, 0.1) is 0 Å². The van der Waals surface area contributed by atoms with Crippen LogP contribution in [0.15, 0.2) is 11.8 Å². The highest BCUT2D eigenvalue weighted by Crippen LogP contribution is 2.22. The molecule has 0 spiro atoms. The summed E-state index contributed by atoms with van der Waals surface area (Å²) in [4.78, 5) is 18.0. The molecule has 0 radical (unpaired) electrons. The summed E-state index contributed by atoms with van der Waals surface area (Å²) >= 11 is 0. The molecule has 4 heterocycles. The fourth-order valence-electron chi connectivity index (χ4n) is 4.16. The van der Waals surface area contributed by atoms with Gasteiger partial charge in [0.05, 0.1) is 13.2 Å². The van der Waals surface area contributed by atoms with Crippen molar-refractivity contribution >= 4 is 17.8 Å². The fourth-order valence-corrected chi connectivity index (χ4v) is 4.16. The van der Waals surface area contributed by atoms with Crippen molar-refractivity contribution in [2.24, 2.45) is 22.9 Å². The molecule has 11 heteroatoms. The lowest BCUT2D eigenvalue weighted by Crippen LogP contribution is -2.54. The molecule has 4 atom stereocenters. The van der Waals surface area contributed by atoms with E-state index < -0.39 is 0 Å². The van der Waals surface area contributed by atoms with Gasteiger partial charge in [-0.05, 0) is 18.9 Å². The van der Waals surface area contributed by atoms with Crippen molar-refractivity contribution in [3.8, 4) is 0 Å². The lowest BCUT2D eigenvalue weighted by molar-refractivity contribution is 0.243. The molecule has 0 saturated carbocycles. The Bertz CT molecular complexity index is 679. The third-order valence-corrected chi connectivity index (χ3v) is 5.41. The summed E-state index contributed by atoms with van der Waals surface area (Å²) in [6.45, 7) is 3.88. The van der Waals surface area contributed by atoms with E-state index in [1.807, 2.05) is 9.80 Å². The molecule has 29 heavy (non-hydrogen) atoms. The van der Waals surface area contributed by atoms with E-state index in [2.05, 4.69) is 21.4 Å². The van der Waals surface area contributed by atoms with Crippen molar-refractivity contribution in [1.29, 1.82) is 0 Å². The molecule has 3 aliphatic rings. The highest BCUT2D eigenvalue weighted by Gasteiger charge is 2.28. The molecule has 0 unspecified atom stereocenters. The Balaban J connectivity index is 1.59. The van der Waals surface area contributed by atoms with Crippen LogP contribution in [0.5, 0.6) is 0 Å². The molecule has 0 amide bonds. The summed E-state index contributed by atoms with van der Waals surface area (Å²) in [5, 5.41) is 3.26. The van der Waals surface area contributed by atoms with Gasteiger partial charge in [0.2, 0.25) is 17.8 Å². The summed E-state index contributed by atoms with van der Waals surface area (Å²) in [7, 11) is 0. The maximum atomic E-state index is 6.17.